The molecule has 3 aromatic rings. The zero-order valence-electron chi connectivity index (χ0n) is 13.1. The molecule has 124 valence electrons. The molecule has 1 aliphatic rings. The first-order chi connectivity index (χ1) is 11.5. The minimum absolute atomic E-state index is 0.00845. The van der Waals surface area contributed by atoms with Gasteiger partial charge in [-0.05, 0) is 31.2 Å². The maximum Gasteiger partial charge on any atom is 0.274 e. The molecule has 6 nitrogen and oxygen atoms in total. The van der Waals surface area contributed by atoms with Gasteiger partial charge in [-0.15, -0.1) is 0 Å². The van der Waals surface area contributed by atoms with E-state index >= 15 is 0 Å². The fourth-order valence-corrected chi connectivity index (χ4v) is 3.35. The van der Waals surface area contributed by atoms with Crippen LogP contribution in [0, 0.1) is 6.92 Å². The summed E-state index contributed by atoms with van der Waals surface area (Å²) in [4.78, 5) is 18.9. The summed E-state index contributed by atoms with van der Waals surface area (Å²) in [6, 6.07) is 7.23. The van der Waals surface area contributed by atoms with E-state index in [0.29, 0.717) is 29.5 Å². The fraction of sp³-hybridized carbons (Fsp3) is 0.294. The number of carbonyl (C=O) groups is 1. The number of fused-ring (bicyclic) bond motifs is 1. The van der Waals surface area contributed by atoms with Gasteiger partial charge in [-0.1, -0.05) is 11.6 Å². The van der Waals surface area contributed by atoms with E-state index in [0.717, 1.165) is 11.5 Å². The van der Waals surface area contributed by atoms with Crippen LogP contribution in [-0.4, -0.2) is 39.3 Å². The molecule has 0 aliphatic carbocycles. The van der Waals surface area contributed by atoms with Crippen LogP contribution >= 0.6 is 11.6 Å². The Morgan fingerprint density at radius 2 is 2.12 bits per heavy atom. The van der Waals surface area contributed by atoms with Crippen LogP contribution in [0.5, 0.6) is 0 Å². The number of nitrogens with zero attached hydrogens (tertiary/aromatic N) is 3. The van der Waals surface area contributed by atoms with Crippen molar-refractivity contribution in [2.45, 2.75) is 18.9 Å². The summed E-state index contributed by atoms with van der Waals surface area (Å²) in [5, 5.41) is 0.593. The smallest absolute Gasteiger partial charge is 0.274 e. The molecule has 1 amide bonds. The van der Waals surface area contributed by atoms with Crippen molar-refractivity contribution in [1.82, 2.24) is 14.3 Å². The Balaban J connectivity index is 1.58. The second-order valence-corrected chi connectivity index (χ2v) is 6.60. The molecule has 0 bridgehead atoms. The largest absolute Gasteiger partial charge is 0.466 e. The van der Waals surface area contributed by atoms with E-state index in [9.17, 15) is 4.79 Å². The quantitative estimate of drug-likeness (QED) is 0.774. The van der Waals surface area contributed by atoms with Gasteiger partial charge in [-0.3, -0.25) is 4.79 Å². The predicted molar refractivity (Wildman–Crippen MR) is 90.3 cm³/mol. The van der Waals surface area contributed by atoms with E-state index in [1.54, 1.807) is 33.8 Å². The first-order valence-corrected chi connectivity index (χ1v) is 8.14. The van der Waals surface area contributed by atoms with E-state index in [4.69, 9.17) is 21.8 Å². The summed E-state index contributed by atoms with van der Waals surface area (Å²) >= 11 is 5.97. The van der Waals surface area contributed by atoms with Crippen LogP contribution in [0.1, 0.15) is 27.9 Å². The van der Waals surface area contributed by atoms with Crippen LogP contribution < -0.4 is 5.73 Å². The summed E-state index contributed by atoms with van der Waals surface area (Å²) in [5.74, 6) is 1.56. The van der Waals surface area contributed by atoms with Crippen molar-refractivity contribution in [3.8, 4) is 0 Å². The Hall–Kier alpha value is -2.31. The number of rotatable bonds is 2. The SMILES string of the molecule is Cc1ccc([C@@H]2CN(C(=O)c3cn4cc(Cl)ccc4n3)C[C@H]2N)o1. The van der Waals surface area contributed by atoms with Gasteiger partial charge in [0.1, 0.15) is 22.9 Å². The Bertz CT molecular complexity index is 916. The molecule has 2 atom stereocenters. The molecule has 2 N–H and O–H groups in total. The predicted octanol–water partition coefficient (Wildman–Crippen LogP) is 2.46. The molecule has 0 unspecified atom stereocenters. The maximum atomic E-state index is 12.8. The zero-order chi connectivity index (χ0) is 16.8. The van der Waals surface area contributed by atoms with Crippen molar-refractivity contribution in [2.24, 2.45) is 5.73 Å². The highest BCUT2D eigenvalue weighted by molar-refractivity contribution is 6.30. The third-order valence-electron chi connectivity index (χ3n) is 4.41. The van der Waals surface area contributed by atoms with Crippen LogP contribution in [0.15, 0.2) is 41.1 Å². The molecule has 0 aromatic carbocycles. The van der Waals surface area contributed by atoms with Gasteiger partial charge in [0.05, 0.1) is 10.9 Å². The molecule has 0 spiro atoms. The second kappa shape index (κ2) is 5.65. The Morgan fingerprint density at radius 1 is 1.29 bits per heavy atom. The molecule has 1 fully saturated rings. The highest BCUT2D eigenvalue weighted by atomic mass is 35.5. The summed E-state index contributed by atoms with van der Waals surface area (Å²) in [6.45, 7) is 2.91. The lowest BCUT2D eigenvalue weighted by molar-refractivity contribution is 0.0783. The average Bonchev–Trinajstić information content (AvgIpc) is 3.24. The van der Waals surface area contributed by atoms with Gasteiger partial charge in [0, 0.05) is 31.5 Å². The molecule has 24 heavy (non-hydrogen) atoms. The number of furan rings is 1. The summed E-state index contributed by atoms with van der Waals surface area (Å²) < 4.78 is 7.43. The highest BCUT2D eigenvalue weighted by Crippen LogP contribution is 2.28. The number of imidazole rings is 1. The first kappa shape index (κ1) is 15.2. The van der Waals surface area contributed by atoms with E-state index in [2.05, 4.69) is 4.98 Å². The Kier molecular flexibility index (Phi) is 3.58. The minimum atomic E-state index is -0.147. The molecule has 3 aromatic heterocycles. The van der Waals surface area contributed by atoms with Crippen molar-refractivity contribution < 1.29 is 9.21 Å². The van der Waals surface area contributed by atoms with E-state index in [1.165, 1.54) is 0 Å². The second-order valence-electron chi connectivity index (χ2n) is 6.17. The summed E-state index contributed by atoms with van der Waals surface area (Å²) in [7, 11) is 0. The molecule has 1 aliphatic heterocycles. The third kappa shape index (κ3) is 2.57. The minimum Gasteiger partial charge on any atom is -0.466 e. The molecule has 4 rings (SSSR count). The number of hydrogen-bond acceptors (Lipinski definition) is 4. The van der Waals surface area contributed by atoms with Gasteiger partial charge >= 0.3 is 0 Å². The number of pyridine rings is 1. The number of aryl methyl sites for hydroxylation is 1. The van der Waals surface area contributed by atoms with E-state index < -0.39 is 0 Å². The molecular weight excluding hydrogens is 328 g/mol. The topological polar surface area (TPSA) is 76.8 Å². The molecule has 1 saturated heterocycles. The Morgan fingerprint density at radius 3 is 2.88 bits per heavy atom. The lowest BCUT2D eigenvalue weighted by Crippen LogP contribution is -2.32. The highest BCUT2D eigenvalue weighted by Gasteiger charge is 2.36. The number of amides is 1. The third-order valence-corrected chi connectivity index (χ3v) is 4.64. The van der Waals surface area contributed by atoms with Crippen LogP contribution in [-0.2, 0) is 0 Å². The van der Waals surface area contributed by atoms with Gasteiger partial charge in [0.25, 0.3) is 5.91 Å². The van der Waals surface area contributed by atoms with E-state index in [1.807, 2.05) is 19.1 Å². The number of carbonyl (C=O) groups excluding carboxylic acids is 1. The van der Waals surface area contributed by atoms with Crippen LogP contribution in [0.4, 0.5) is 0 Å². The molecule has 0 saturated carbocycles. The fourth-order valence-electron chi connectivity index (χ4n) is 3.18. The number of aromatic nitrogens is 2. The van der Waals surface area contributed by atoms with Gasteiger partial charge in [0.15, 0.2) is 0 Å². The van der Waals surface area contributed by atoms with Gasteiger partial charge in [-0.2, -0.15) is 0 Å². The van der Waals surface area contributed by atoms with Crippen LogP contribution in [0.2, 0.25) is 5.02 Å². The van der Waals surface area contributed by atoms with Crippen molar-refractivity contribution >= 4 is 23.2 Å². The number of halogens is 1. The summed E-state index contributed by atoms with van der Waals surface area (Å²) in [6.07, 6.45) is 3.42. The summed E-state index contributed by atoms with van der Waals surface area (Å²) in [5.41, 5.74) is 7.30. The molecule has 7 heteroatoms. The monoisotopic (exact) mass is 344 g/mol. The van der Waals surface area contributed by atoms with Crippen molar-refractivity contribution in [3.05, 3.63) is 58.9 Å². The standard InChI is InChI=1S/C17H17ClN4O2/c1-10-2-4-15(24-10)12-7-22(8-13(12)19)17(23)14-9-21-6-11(18)3-5-16(21)20-14/h2-6,9,12-13H,7-8,19H2,1H3/t12-,13-/m1/s1. The van der Waals surface area contributed by atoms with Gasteiger partial charge < -0.3 is 19.5 Å². The molecule has 0 radical (unpaired) electrons. The van der Waals surface area contributed by atoms with Crippen molar-refractivity contribution in [1.29, 1.82) is 0 Å². The molecular formula is C17H17ClN4O2. The number of likely N-dealkylation sites (tertiary alicyclic amines) is 1. The van der Waals surface area contributed by atoms with Gasteiger partial charge in [-0.25, -0.2) is 4.98 Å². The average molecular weight is 345 g/mol. The lowest BCUT2D eigenvalue weighted by atomic mass is 10.0. The van der Waals surface area contributed by atoms with Crippen LogP contribution in [0.25, 0.3) is 5.65 Å². The lowest BCUT2D eigenvalue weighted by Gasteiger charge is -2.14. The maximum absolute atomic E-state index is 12.8. The van der Waals surface area contributed by atoms with Crippen molar-refractivity contribution in [2.75, 3.05) is 13.1 Å². The van der Waals surface area contributed by atoms with Gasteiger partial charge in [0.2, 0.25) is 0 Å². The Labute approximate surface area is 143 Å². The van der Waals surface area contributed by atoms with E-state index in [-0.39, 0.29) is 17.9 Å². The normalized spacial score (nSPS) is 20.9. The van der Waals surface area contributed by atoms with Crippen LogP contribution in [0.3, 0.4) is 0 Å². The molecule has 4 heterocycles. The zero-order valence-corrected chi connectivity index (χ0v) is 13.9. The first-order valence-electron chi connectivity index (χ1n) is 7.77. The number of hydrogen-bond donors (Lipinski definition) is 1. The number of nitrogens with two attached hydrogens (primary N) is 1. The van der Waals surface area contributed by atoms with Crippen molar-refractivity contribution in [3.63, 3.8) is 0 Å².